The molecule has 4 nitrogen and oxygen atoms in total. The Labute approximate surface area is 163 Å². The van der Waals surface area contributed by atoms with E-state index in [4.69, 9.17) is 13.8 Å². The van der Waals surface area contributed by atoms with E-state index in [9.17, 15) is 4.57 Å². The summed E-state index contributed by atoms with van der Waals surface area (Å²) < 4.78 is 30.0. The quantitative estimate of drug-likeness (QED) is 0.162. The average molecular weight is 393 g/mol. The summed E-state index contributed by atoms with van der Waals surface area (Å²) in [7, 11) is -1.22. The molecular formula is C21H45O4P. The molecule has 0 aliphatic rings. The lowest BCUT2D eigenvalue weighted by molar-refractivity contribution is 0.134. The van der Waals surface area contributed by atoms with E-state index >= 15 is 0 Å². The van der Waals surface area contributed by atoms with Crippen LogP contribution >= 0.6 is 7.60 Å². The zero-order valence-corrected chi connectivity index (χ0v) is 18.9. The fourth-order valence-corrected chi connectivity index (χ4v) is 4.81. The number of unbranched alkanes of at least 4 members (excludes halogenated alkanes) is 7. The zero-order chi connectivity index (χ0) is 19.5. The molecule has 0 rings (SSSR count). The molecule has 0 saturated carbocycles. The van der Waals surface area contributed by atoms with Crippen LogP contribution < -0.4 is 0 Å². The lowest BCUT2D eigenvalue weighted by atomic mass is 9.99. The van der Waals surface area contributed by atoms with Gasteiger partial charge in [0.1, 0.15) is 0 Å². The van der Waals surface area contributed by atoms with Crippen LogP contribution in [0.1, 0.15) is 97.8 Å². The molecule has 0 bridgehead atoms. The summed E-state index contributed by atoms with van der Waals surface area (Å²) in [5, 5.41) is 0. The van der Waals surface area contributed by atoms with E-state index in [2.05, 4.69) is 20.8 Å². The largest absolute Gasteiger partial charge is 0.385 e. The van der Waals surface area contributed by atoms with E-state index in [0.29, 0.717) is 25.3 Å². The predicted octanol–water partition coefficient (Wildman–Crippen LogP) is 7.22. The Morgan fingerprint density at radius 3 is 2.04 bits per heavy atom. The molecule has 5 heteroatoms. The lowest BCUT2D eigenvalue weighted by Crippen LogP contribution is -2.13. The van der Waals surface area contributed by atoms with Gasteiger partial charge in [-0.3, -0.25) is 4.57 Å². The van der Waals surface area contributed by atoms with Gasteiger partial charge in [0, 0.05) is 13.7 Å². The van der Waals surface area contributed by atoms with Crippen molar-refractivity contribution in [1.29, 1.82) is 0 Å². The maximum Gasteiger partial charge on any atom is 0.330 e. The highest BCUT2D eigenvalue weighted by Gasteiger charge is 2.25. The molecule has 26 heavy (non-hydrogen) atoms. The SMILES string of the molecule is CCCCCCCOP(=O)(CCCC)OCC(CCCCC)CCOC. The van der Waals surface area contributed by atoms with Gasteiger partial charge in [-0.05, 0) is 31.6 Å². The van der Waals surface area contributed by atoms with Gasteiger partial charge in [-0.2, -0.15) is 0 Å². The first-order valence-electron chi connectivity index (χ1n) is 11.0. The molecule has 0 aliphatic carbocycles. The number of hydrogen-bond acceptors (Lipinski definition) is 4. The second kappa shape index (κ2) is 18.5. The van der Waals surface area contributed by atoms with Crippen molar-refractivity contribution in [3.63, 3.8) is 0 Å². The van der Waals surface area contributed by atoms with E-state index in [1.165, 1.54) is 38.5 Å². The first-order valence-corrected chi connectivity index (χ1v) is 12.7. The van der Waals surface area contributed by atoms with Crippen molar-refractivity contribution in [1.82, 2.24) is 0 Å². The maximum absolute atomic E-state index is 13.1. The summed E-state index contributed by atoms with van der Waals surface area (Å²) in [5.41, 5.74) is 0. The van der Waals surface area contributed by atoms with E-state index in [1.807, 2.05) is 0 Å². The number of ether oxygens (including phenoxy) is 1. The van der Waals surface area contributed by atoms with Gasteiger partial charge in [-0.15, -0.1) is 0 Å². The molecule has 2 atom stereocenters. The zero-order valence-electron chi connectivity index (χ0n) is 18.0. The van der Waals surface area contributed by atoms with E-state index in [1.54, 1.807) is 7.11 Å². The second-order valence-electron chi connectivity index (χ2n) is 7.37. The monoisotopic (exact) mass is 392 g/mol. The summed E-state index contributed by atoms with van der Waals surface area (Å²) in [6.07, 6.45) is 14.0. The van der Waals surface area contributed by atoms with Crippen molar-refractivity contribution in [2.45, 2.75) is 97.8 Å². The Morgan fingerprint density at radius 2 is 1.38 bits per heavy atom. The van der Waals surface area contributed by atoms with Crippen LogP contribution in [0.5, 0.6) is 0 Å². The standard InChI is InChI=1S/C21H45O4P/c1-5-8-11-12-14-17-24-26(22,19-10-7-3)25-20-21(16-18-23-4)15-13-9-6-2/h21H,5-20H2,1-4H3. The van der Waals surface area contributed by atoms with E-state index in [-0.39, 0.29) is 0 Å². The number of hydrogen-bond donors (Lipinski definition) is 0. The van der Waals surface area contributed by atoms with Crippen molar-refractivity contribution in [2.75, 3.05) is 33.1 Å². The average Bonchev–Trinajstić information content (AvgIpc) is 2.65. The van der Waals surface area contributed by atoms with Gasteiger partial charge < -0.3 is 13.8 Å². The molecule has 0 radical (unpaired) electrons. The van der Waals surface area contributed by atoms with Crippen LogP contribution in [0.25, 0.3) is 0 Å². The van der Waals surface area contributed by atoms with Gasteiger partial charge in [0.15, 0.2) is 0 Å². The highest BCUT2D eigenvalue weighted by molar-refractivity contribution is 7.53. The van der Waals surface area contributed by atoms with Crippen molar-refractivity contribution >= 4 is 7.60 Å². The molecule has 0 N–H and O–H groups in total. The fourth-order valence-electron chi connectivity index (χ4n) is 2.92. The maximum atomic E-state index is 13.1. The molecule has 0 heterocycles. The summed E-state index contributed by atoms with van der Waals surface area (Å²) in [5.74, 6) is 0.407. The van der Waals surface area contributed by atoms with Crippen LogP contribution in [-0.2, 0) is 18.3 Å². The third-order valence-corrected chi connectivity index (χ3v) is 6.76. The first-order chi connectivity index (χ1) is 12.6. The molecule has 0 spiro atoms. The van der Waals surface area contributed by atoms with Crippen molar-refractivity contribution in [2.24, 2.45) is 5.92 Å². The highest BCUT2D eigenvalue weighted by atomic mass is 31.2. The minimum atomic E-state index is -2.96. The topological polar surface area (TPSA) is 44.8 Å². The predicted molar refractivity (Wildman–Crippen MR) is 112 cm³/mol. The van der Waals surface area contributed by atoms with Crippen molar-refractivity contribution in [3.05, 3.63) is 0 Å². The Kier molecular flexibility index (Phi) is 18.6. The molecular weight excluding hydrogens is 347 g/mol. The lowest BCUT2D eigenvalue weighted by Gasteiger charge is -2.22. The summed E-state index contributed by atoms with van der Waals surface area (Å²) in [6, 6.07) is 0. The highest BCUT2D eigenvalue weighted by Crippen LogP contribution is 2.49. The summed E-state index contributed by atoms with van der Waals surface area (Å²) >= 11 is 0. The van der Waals surface area contributed by atoms with E-state index in [0.717, 1.165) is 45.1 Å². The van der Waals surface area contributed by atoms with Crippen LogP contribution in [0.2, 0.25) is 0 Å². The minimum Gasteiger partial charge on any atom is -0.385 e. The van der Waals surface area contributed by atoms with Crippen LogP contribution in [0.3, 0.4) is 0 Å². The van der Waals surface area contributed by atoms with Gasteiger partial charge in [-0.1, -0.05) is 72.1 Å². The van der Waals surface area contributed by atoms with Crippen LogP contribution in [-0.4, -0.2) is 33.1 Å². The summed E-state index contributed by atoms with van der Waals surface area (Å²) in [6.45, 7) is 8.36. The third kappa shape index (κ3) is 15.2. The van der Waals surface area contributed by atoms with Gasteiger partial charge in [0.25, 0.3) is 0 Å². The molecule has 0 amide bonds. The third-order valence-electron chi connectivity index (χ3n) is 4.77. The van der Waals surface area contributed by atoms with Crippen LogP contribution in [0, 0.1) is 5.92 Å². The number of rotatable bonds is 20. The Morgan fingerprint density at radius 1 is 0.731 bits per heavy atom. The molecule has 0 aromatic heterocycles. The minimum absolute atomic E-state index is 0.407. The van der Waals surface area contributed by atoms with Gasteiger partial charge in [0.2, 0.25) is 0 Å². The Hall–Kier alpha value is 0.110. The van der Waals surface area contributed by atoms with E-state index < -0.39 is 7.60 Å². The fraction of sp³-hybridized carbons (Fsp3) is 1.00. The smallest absolute Gasteiger partial charge is 0.330 e. The molecule has 0 saturated heterocycles. The van der Waals surface area contributed by atoms with Crippen molar-refractivity contribution < 1.29 is 18.3 Å². The second-order valence-corrected chi connectivity index (χ2v) is 9.56. The molecule has 2 unspecified atom stereocenters. The van der Waals surface area contributed by atoms with Crippen LogP contribution in [0.15, 0.2) is 0 Å². The molecule has 0 aromatic carbocycles. The Bertz CT molecular complexity index is 336. The number of methoxy groups -OCH3 is 1. The molecule has 0 fully saturated rings. The first kappa shape index (κ1) is 26.1. The van der Waals surface area contributed by atoms with Gasteiger partial charge in [-0.25, -0.2) is 0 Å². The van der Waals surface area contributed by atoms with Gasteiger partial charge in [0.05, 0.1) is 19.4 Å². The summed E-state index contributed by atoms with van der Waals surface area (Å²) in [4.78, 5) is 0. The van der Waals surface area contributed by atoms with Gasteiger partial charge >= 0.3 is 7.60 Å². The molecule has 0 aromatic rings. The van der Waals surface area contributed by atoms with Crippen molar-refractivity contribution in [3.8, 4) is 0 Å². The molecule has 0 aliphatic heterocycles. The normalized spacial score (nSPS) is 15.1. The van der Waals surface area contributed by atoms with Crippen LogP contribution in [0.4, 0.5) is 0 Å². The molecule has 158 valence electrons. The Balaban J connectivity index is 4.39.